The summed E-state index contributed by atoms with van der Waals surface area (Å²) in [7, 11) is 3.41. The summed E-state index contributed by atoms with van der Waals surface area (Å²) in [5.74, 6) is -2.27. The minimum atomic E-state index is -0.991. The lowest BCUT2D eigenvalue weighted by Gasteiger charge is -2.28. The molecule has 0 radical (unpaired) electrons. The maximum Gasteiger partial charge on any atom is 0.269 e. The summed E-state index contributed by atoms with van der Waals surface area (Å²) in [5, 5.41) is 0.930. The molecule has 1 aliphatic heterocycles. The maximum absolute atomic E-state index is 13.9. The first-order chi connectivity index (χ1) is 17.3. The van der Waals surface area contributed by atoms with Crippen molar-refractivity contribution in [2.24, 2.45) is 0 Å². The van der Waals surface area contributed by atoms with Gasteiger partial charge in [-0.1, -0.05) is 18.2 Å². The first kappa shape index (κ1) is 23.4. The van der Waals surface area contributed by atoms with E-state index in [-0.39, 0.29) is 11.8 Å². The molecule has 2 amide bonds. The van der Waals surface area contributed by atoms with Crippen LogP contribution in [0.25, 0.3) is 27.7 Å². The van der Waals surface area contributed by atoms with Crippen molar-refractivity contribution >= 4 is 28.3 Å². The van der Waals surface area contributed by atoms with Crippen molar-refractivity contribution in [2.45, 2.75) is 6.42 Å². The zero-order chi connectivity index (χ0) is 25.4. The van der Waals surface area contributed by atoms with Crippen LogP contribution in [0.3, 0.4) is 0 Å². The summed E-state index contributed by atoms with van der Waals surface area (Å²) in [6.45, 7) is 0.918. The van der Waals surface area contributed by atoms with Gasteiger partial charge in [0, 0.05) is 49.8 Å². The second kappa shape index (κ2) is 9.37. The van der Waals surface area contributed by atoms with Crippen LogP contribution in [-0.4, -0.2) is 58.8 Å². The van der Waals surface area contributed by atoms with Gasteiger partial charge in [-0.15, -0.1) is 0 Å². The molecule has 1 N–H and O–H groups in total. The van der Waals surface area contributed by atoms with Crippen molar-refractivity contribution in [1.29, 1.82) is 0 Å². The molecule has 6 nitrogen and oxygen atoms in total. The van der Waals surface area contributed by atoms with Crippen molar-refractivity contribution in [3.63, 3.8) is 0 Å². The van der Waals surface area contributed by atoms with Crippen LogP contribution in [0.15, 0.2) is 66.9 Å². The minimum absolute atomic E-state index is 0.102. The average Bonchev–Trinajstić information content (AvgIpc) is 3.33. The highest BCUT2D eigenvalue weighted by Crippen LogP contribution is 2.28. The van der Waals surface area contributed by atoms with Crippen LogP contribution < -0.4 is 0 Å². The summed E-state index contributed by atoms with van der Waals surface area (Å²) in [5.41, 5.74) is 4.28. The van der Waals surface area contributed by atoms with Crippen molar-refractivity contribution < 1.29 is 18.4 Å². The Bertz CT molecular complexity index is 1520. The number of aromatic amines is 1. The van der Waals surface area contributed by atoms with Gasteiger partial charge in [-0.2, -0.15) is 0 Å². The Hall–Kier alpha value is -4.33. The fourth-order valence-electron chi connectivity index (χ4n) is 4.43. The van der Waals surface area contributed by atoms with Gasteiger partial charge < -0.3 is 14.8 Å². The largest absolute Gasteiger partial charge is 0.351 e. The molecule has 0 saturated carbocycles. The van der Waals surface area contributed by atoms with Crippen LogP contribution >= 0.6 is 0 Å². The number of H-pyrrole nitrogens is 1. The lowest BCUT2D eigenvalue weighted by Crippen LogP contribution is -2.35. The molecule has 0 fully saturated rings. The summed E-state index contributed by atoms with van der Waals surface area (Å²) in [6.07, 6.45) is 4.31. The molecule has 5 rings (SSSR count). The molecule has 0 saturated heterocycles. The number of benzene rings is 2. The molecule has 182 valence electrons. The zero-order valence-electron chi connectivity index (χ0n) is 19.9. The van der Waals surface area contributed by atoms with E-state index >= 15 is 0 Å². The monoisotopic (exact) mass is 486 g/mol. The molecule has 0 aliphatic carbocycles. The molecule has 36 heavy (non-hydrogen) atoms. The number of aromatic nitrogens is 2. The SMILES string of the molecule is CN(C)C(=O)c1cc2ccc(C3=CCCN(C(=O)c4cccnc4-c4ccc(F)c(F)c4)C3)cc2[nH]1. The van der Waals surface area contributed by atoms with E-state index in [0.29, 0.717) is 42.0 Å². The minimum Gasteiger partial charge on any atom is -0.351 e. The van der Waals surface area contributed by atoms with Crippen molar-refractivity contribution in [3.05, 3.63) is 95.3 Å². The van der Waals surface area contributed by atoms with Crippen LogP contribution in [0.5, 0.6) is 0 Å². The number of pyridine rings is 1. The molecule has 3 heterocycles. The van der Waals surface area contributed by atoms with Crippen LogP contribution in [0.4, 0.5) is 8.78 Å². The van der Waals surface area contributed by atoms with E-state index in [2.05, 4.69) is 16.0 Å². The highest BCUT2D eigenvalue weighted by Gasteiger charge is 2.24. The number of rotatable bonds is 4. The molecule has 0 unspecified atom stereocenters. The Morgan fingerprint density at radius 1 is 1.00 bits per heavy atom. The molecule has 0 atom stereocenters. The van der Waals surface area contributed by atoms with Gasteiger partial charge in [0.05, 0.1) is 11.3 Å². The van der Waals surface area contributed by atoms with E-state index in [0.717, 1.165) is 34.2 Å². The van der Waals surface area contributed by atoms with E-state index < -0.39 is 11.6 Å². The standard InChI is InChI=1S/C28H24F2N4O2/c1-33(2)28(36)25-15-18-8-7-17(14-24(18)32-25)20-5-4-12-34(16-20)27(35)21-6-3-11-31-26(21)19-9-10-22(29)23(30)13-19/h3,5-11,13-15,32H,4,12,16H2,1-2H3. The van der Waals surface area contributed by atoms with E-state index in [1.165, 1.54) is 17.2 Å². The Kier molecular flexibility index (Phi) is 6.10. The normalized spacial score (nSPS) is 13.6. The molecule has 0 spiro atoms. The zero-order valence-corrected chi connectivity index (χ0v) is 19.9. The summed E-state index contributed by atoms with van der Waals surface area (Å²) in [6, 6.07) is 14.6. The Balaban J connectivity index is 1.41. The lowest BCUT2D eigenvalue weighted by atomic mass is 9.98. The van der Waals surface area contributed by atoms with Gasteiger partial charge in [-0.05, 0) is 60.0 Å². The Morgan fingerprint density at radius 2 is 1.81 bits per heavy atom. The summed E-state index contributed by atoms with van der Waals surface area (Å²) in [4.78, 5) is 36.6. The number of fused-ring (bicyclic) bond motifs is 1. The fraction of sp³-hybridized carbons (Fsp3) is 0.179. The van der Waals surface area contributed by atoms with Crippen LogP contribution in [0.2, 0.25) is 0 Å². The van der Waals surface area contributed by atoms with Crippen LogP contribution in [0.1, 0.15) is 32.8 Å². The van der Waals surface area contributed by atoms with Gasteiger partial charge >= 0.3 is 0 Å². The third-order valence-corrected chi connectivity index (χ3v) is 6.30. The molecular weight excluding hydrogens is 462 g/mol. The van der Waals surface area contributed by atoms with Gasteiger partial charge in [0.1, 0.15) is 5.69 Å². The number of carbonyl (C=O) groups excluding carboxylic acids is 2. The van der Waals surface area contributed by atoms with E-state index in [1.807, 2.05) is 24.3 Å². The third-order valence-electron chi connectivity index (χ3n) is 6.30. The van der Waals surface area contributed by atoms with E-state index in [1.54, 1.807) is 31.1 Å². The smallest absolute Gasteiger partial charge is 0.269 e. The number of carbonyl (C=O) groups is 2. The number of hydrogen-bond donors (Lipinski definition) is 1. The average molecular weight is 487 g/mol. The number of nitrogens with one attached hydrogen (secondary N) is 1. The van der Waals surface area contributed by atoms with Crippen molar-refractivity contribution in [1.82, 2.24) is 19.8 Å². The molecule has 8 heteroatoms. The first-order valence-corrected chi connectivity index (χ1v) is 11.6. The number of halogens is 2. The highest BCUT2D eigenvalue weighted by molar-refractivity contribution is 6.01. The lowest BCUT2D eigenvalue weighted by molar-refractivity contribution is 0.0774. The molecule has 1 aliphatic rings. The van der Waals surface area contributed by atoms with E-state index in [9.17, 15) is 18.4 Å². The highest BCUT2D eigenvalue weighted by atomic mass is 19.2. The maximum atomic E-state index is 13.9. The molecule has 0 bridgehead atoms. The fourth-order valence-corrected chi connectivity index (χ4v) is 4.43. The Morgan fingerprint density at radius 3 is 2.58 bits per heavy atom. The van der Waals surface area contributed by atoms with Gasteiger partial charge in [0.25, 0.3) is 11.8 Å². The van der Waals surface area contributed by atoms with Gasteiger partial charge in [0.2, 0.25) is 0 Å². The van der Waals surface area contributed by atoms with Crippen molar-refractivity contribution in [3.8, 4) is 11.3 Å². The predicted molar refractivity (Wildman–Crippen MR) is 134 cm³/mol. The number of nitrogens with zero attached hydrogens (tertiary/aromatic N) is 3. The predicted octanol–water partition coefficient (Wildman–Crippen LogP) is 5.14. The van der Waals surface area contributed by atoms with Crippen LogP contribution in [-0.2, 0) is 0 Å². The van der Waals surface area contributed by atoms with E-state index in [4.69, 9.17) is 0 Å². The quantitative estimate of drug-likeness (QED) is 0.434. The van der Waals surface area contributed by atoms with Gasteiger partial charge in [-0.25, -0.2) is 8.78 Å². The Labute approximate surface area is 206 Å². The second-order valence-corrected chi connectivity index (χ2v) is 8.96. The molecule has 2 aromatic carbocycles. The van der Waals surface area contributed by atoms with Gasteiger partial charge in [0.15, 0.2) is 11.6 Å². The molecular formula is C28H24F2N4O2. The summed E-state index contributed by atoms with van der Waals surface area (Å²) < 4.78 is 27.3. The summed E-state index contributed by atoms with van der Waals surface area (Å²) >= 11 is 0. The number of amides is 2. The first-order valence-electron chi connectivity index (χ1n) is 11.6. The second-order valence-electron chi connectivity index (χ2n) is 8.96. The van der Waals surface area contributed by atoms with Crippen LogP contribution in [0, 0.1) is 11.6 Å². The molecule has 4 aromatic rings. The third kappa shape index (κ3) is 4.37. The molecule has 2 aromatic heterocycles. The topological polar surface area (TPSA) is 69.3 Å². The van der Waals surface area contributed by atoms with Gasteiger partial charge in [-0.3, -0.25) is 14.6 Å². The number of hydrogen-bond acceptors (Lipinski definition) is 3. The van der Waals surface area contributed by atoms with Crippen molar-refractivity contribution in [2.75, 3.05) is 27.2 Å².